The number of amides is 2. The van der Waals surface area contributed by atoms with Crippen LogP contribution in [0.5, 0.6) is 0 Å². The molecule has 6 nitrogen and oxygen atoms in total. The molecule has 0 aliphatic rings. The normalized spacial score (nSPS) is 10.8. The van der Waals surface area contributed by atoms with Gasteiger partial charge in [-0.1, -0.05) is 0 Å². The van der Waals surface area contributed by atoms with Gasteiger partial charge >= 0.3 is 5.97 Å². The number of carboxylic acid groups (broad SMARTS) is 1. The van der Waals surface area contributed by atoms with E-state index in [1.807, 2.05) is 20.8 Å². The smallest absolute Gasteiger partial charge is 0.312 e. The van der Waals surface area contributed by atoms with E-state index in [4.69, 9.17) is 5.11 Å². The Morgan fingerprint density at radius 1 is 1.25 bits per heavy atom. The molecular formula is C10H18N2O4. The SMILES string of the molecule is CN(CC(=O)NC(C)(C)C)C(=O)CC(=O)O. The minimum Gasteiger partial charge on any atom is -0.481 e. The van der Waals surface area contributed by atoms with Crippen molar-refractivity contribution in [2.75, 3.05) is 13.6 Å². The average molecular weight is 230 g/mol. The van der Waals surface area contributed by atoms with E-state index in [0.29, 0.717) is 0 Å². The van der Waals surface area contributed by atoms with Gasteiger partial charge in [-0.3, -0.25) is 14.4 Å². The summed E-state index contributed by atoms with van der Waals surface area (Å²) in [6, 6.07) is 0. The monoisotopic (exact) mass is 230 g/mol. The van der Waals surface area contributed by atoms with Crippen LogP contribution in [0, 0.1) is 0 Å². The topological polar surface area (TPSA) is 86.7 Å². The molecule has 0 aromatic carbocycles. The van der Waals surface area contributed by atoms with Crippen molar-refractivity contribution in [2.24, 2.45) is 0 Å². The number of hydrogen-bond acceptors (Lipinski definition) is 3. The highest BCUT2D eigenvalue weighted by Gasteiger charge is 2.18. The summed E-state index contributed by atoms with van der Waals surface area (Å²) in [5.74, 6) is -2.10. The zero-order valence-electron chi connectivity index (χ0n) is 10.0. The number of carbonyl (C=O) groups is 3. The Bertz CT molecular complexity index is 294. The Kier molecular flexibility index (Phi) is 4.94. The van der Waals surface area contributed by atoms with Crippen LogP contribution in [0.3, 0.4) is 0 Å². The molecule has 0 aliphatic carbocycles. The molecule has 0 radical (unpaired) electrons. The zero-order chi connectivity index (χ0) is 12.9. The second-order valence-electron chi connectivity index (χ2n) is 4.62. The fourth-order valence-electron chi connectivity index (χ4n) is 1.03. The lowest BCUT2D eigenvalue weighted by Crippen LogP contribution is -2.46. The molecule has 0 heterocycles. The van der Waals surface area contributed by atoms with Gasteiger partial charge in [0.2, 0.25) is 11.8 Å². The van der Waals surface area contributed by atoms with Crippen LogP contribution in [-0.4, -0.2) is 46.9 Å². The maximum Gasteiger partial charge on any atom is 0.312 e. The summed E-state index contributed by atoms with van der Waals surface area (Å²) in [7, 11) is 1.40. The van der Waals surface area contributed by atoms with Crippen molar-refractivity contribution in [2.45, 2.75) is 32.7 Å². The molecule has 0 spiro atoms. The minimum absolute atomic E-state index is 0.136. The highest BCUT2D eigenvalue weighted by Crippen LogP contribution is 1.99. The lowest BCUT2D eigenvalue weighted by molar-refractivity contribution is -0.145. The Labute approximate surface area is 94.6 Å². The Balaban J connectivity index is 4.14. The van der Waals surface area contributed by atoms with E-state index in [9.17, 15) is 14.4 Å². The molecule has 0 aliphatic heterocycles. The molecule has 16 heavy (non-hydrogen) atoms. The predicted molar refractivity (Wildman–Crippen MR) is 57.8 cm³/mol. The van der Waals surface area contributed by atoms with Gasteiger partial charge in [-0.05, 0) is 20.8 Å². The lowest BCUT2D eigenvalue weighted by atomic mass is 10.1. The Morgan fingerprint density at radius 2 is 1.75 bits per heavy atom. The molecule has 0 unspecified atom stereocenters. The number of likely N-dealkylation sites (N-methyl/N-ethyl adjacent to an activating group) is 1. The van der Waals surface area contributed by atoms with Crippen LogP contribution < -0.4 is 5.32 Å². The number of nitrogens with zero attached hydrogens (tertiary/aromatic N) is 1. The standard InChI is InChI=1S/C10H18N2O4/c1-10(2,3)11-7(13)6-12(4)8(14)5-9(15)16/h5-6H2,1-4H3,(H,11,13)(H,15,16). The predicted octanol–water partition coefficient (Wildman–Crippen LogP) is -0.166. The van der Waals surface area contributed by atoms with E-state index in [2.05, 4.69) is 5.32 Å². The molecule has 6 heteroatoms. The van der Waals surface area contributed by atoms with Crippen molar-refractivity contribution < 1.29 is 19.5 Å². The third-order valence-electron chi connectivity index (χ3n) is 1.62. The summed E-state index contributed by atoms with van der Waals surface area (Å²) in [5.41, 5.74) is -0.367. The van der Waals surface area contributed by atoms with Gasteiger partial charge in [0, 0.05) is 12.6 Å². The molecule has 0 saturated carbocycles. The Hall–Kier alpha value is -1.59. The van der Waals surface area contributed by atoms with Gasteiger partial charge in [-0.25, -0.2) is 0 Å². The molecular weight excluding hydrogens is 212 g/mol. The van der Waals surface area contributed by atoms with Crippen molar-refractivity contribution in [3.8, 4) is 0 Å². The first kappa shape index (κ1) is 14.4. The molecule has 0 saturated heterocycles. The highest BCUT2D eigenvalue weighted by atomic mass is 16.4. The van der Waals surface area contributed by atoms with E-state index < -0.39 is 18.3 Å². The summed E-state index contributed by atoms with van der Waals surface area (Å²) in [4.78, 5) is 34.0. The van der Waals surface area contributed by atoms with E-state index in [-0.39, 0.29) is 18.0 Å². The van der Waals surface area contributed by atoms with Crippen LogP contribution in [0.4, 0.5) is 0 Å². The van der Waals surface area contributed by atoms with Crippen LogP contribution in [-0.2, 0) is 14.4 Å². The second-order valence-corrected chi connectivity index (χ2v) is 4.62. The third kappa shape index (κ3) is 6.80. The number of hydrogen-bond donors (Lipinski definition) is 2. The molecule has 0 rings (SSSR count). The van der Waals surface area contributed by atoms with Gasteiger partial charge < -0.3 is 15.3 Å². The maximum absolute atomic E-state index is 11.4. The summed E-state index contributed by atoms with van der Waals surface area (Å²) < 4.78 is 0. The molecule has 2 N–H and O–H groups in total. The van der Waals surface area contributed by atoms with Gasteiger partial charge in [-0.15, -0.1) is 0 Å². The minimum atomic E-state index is -1.20. The lowest BCUT2D eigenvalue weighted by Gasteiger charge is -2.23. The van der Waals surface area contributed by atoms with Gasteiger partial charge in [0.25, 0.3) is 0 Å². The van der Waals surface area contributed by atoms with Crippen molar-refractivity contribution in [3.63, 3.8) is 0 Å². The number of aliphatic carboxylic acids is 1. The van der Waals surface area contributed by atoms with Gasteiger partial charge in [0.15, 0.2) is 0 Å². The van der Waals surface area contributed by atoms with E-state index in [1.165, 1.54) is 7.05 Å². The van der Waals surface area contributed by atoms with Crippen LogP contribution in [0.15, 0.2) is 0 Å². The number of nitrogens with one attached hydrogen (secondary N) is 1. The van der Waals surface area contributed by atoms with Crippen LogP contribution in [0.1, 0.15) is 27.2 Å². The number of carboxylic acids is 1. The molecule has 2 amide bonds. The summed E-state index contributed by atoms with van der Waals surface area (Å²) in [5, 5.41) is 11.1. The van der Waals surface area contributed by atoms with Crippen molar-refractivity contribution >= 4 is 17.8 Å². The fourth-order valence-corrected chi connectivity index (χ4v) is 1.03. The van der Waals surface area contributed by atoms with Crippen molar-refractivity contribution in [1.82, 2.24) is 10.2 Å². The van der Waals surface area contributed by atoms with Crippen molar-refractivity contribution in [3.05, 3.63) is 0 Å². The quantitative estimate of drug-likeness (QED) is 0.657. The summed E-state index contributed by atoms with van der Waals surface area (Å²) >= 11 is 0. The van der Waals surface area contributed by atoms with E-state index in [1.54, 1.807) is 0 Å². The largest absolute Gasteiger partial charge is 0.481 e. The summed E-state index contributed by atoms with van der Waals surface area (Å²) in [6.07, 6.45) is -0.598. The highest BCUT2D eigenvalue weighted by molar-refractivity contribution is 5.95. The van der Waals surface area contributed by atoms with Crippen LogP contribution in [0.2, 0.25) is 0 Å². The second kappa shape index (κ2) is 5.48. The molecule has 0 bridgehead atoms. The van der Waals surface area contributed by atoms with Crippen LogP contribution in [0.25, 0.3) is 0 Å². The van der Waals surface area contributed by atoms with E-state index in [0.717, 1.165) is 4.90 Å². The summed E-state index contributed by atoms with van der Waals surface area (Å²) in [6.45, 7) is 5.33. The number of carbonyl (C=O) groups excluding carboxylic acids is 2. The van der Waals surface area contributed by atoms with Crippen LogP contribution >= 0.6 is 0 Å². The molecule has 92 valence electrons. The fraction of sp³-hybridized carbons (Fsp3) is 0.700. The van der Waals surface area contributed by atoms with Gasteiger partial charge in [-0.2, -0.15) is 0 Å². The molecule has 0 aromatic rings. The first-order valence-corrected chi connectivity index (χ1v) is 4.88. The van der Waals surface area contributed by atoms with Gasteiger partial charge in [0.1, 0.15) is 6.42 Å². The molecule has 0 aromatic heterocycles. The maximum atomic E-state index is 11.4. The third-order valence-corrected chi connectivity index (χ3v) is 1.62. The average Bonchev–Trinajstić information content (AvgIpc) is 1.98. The Morgan fingerprint density at radius 3 is 2.12 bits per heavy atom. The van der Waals surface area contributed by atoms with E-state index >= 15 is 0 Å². The molecule has 0 atom stereocenters. The first-order valence-electron chi connectivity index (χ1n) is 4.88. The van der Waals surface area contributed by atoms with Crippen molar-refractivity contribution in [1.29, 1.82) is 0 Å². The first-order chi connectivity index (χ1) is 7.11. The zero-order valence-corrected chi connectivity index (χ0v) is 10.0. The van der Waals surface area contributed by atoms with Gasteiger partial charge in [0.05, 0.1) is 6.54 Å². The number of rotatable bonds is 4. The molecule has 0 fully saturated rings.